The Balaban J connectivity index is 1.95. The van der Waals surface area contributed by atoms with Crippen molar-refractivity contribution < 1.29 is 5.11 Å². The maximum Gasteiger partial charge on any atom is 0.0647 e. The molecule has 0 unspecified atom stereocenters. The Morgan fingerprint density at radius 1 is 1.00 bits per heavy atom. The van der Waals surface area contributed by atoms with Gasteiger partial charge in [-0.1, -0.05) is 50.5 Å². The summed E-state index contributed by atoms with van der Waals surface area (Å²) in [6.07, 6.45) is 9.91. The van der Waals surface area contributed by atoms with Crippen LogP contribution in [-0.2, 0) is 6.42 Å². The fraction of sp³-hybridized carbons (Fsp3) is 0.556. The van der Waals surface area contributed by atoms with Crippen molar-refractivity contribution in [2.24, 2.45) is 0 Å². The second-order valence-electron chi connectivity index (χ2n) is 5.60. The molecule has 1 N–H and O–H groups in total. The van der Waals surface area contributed by atoms with Crippen LogP contribution in [0.3, 0.4) is 0 Å². The summed E-state index contributed by atoms with van der Waals surface area (Å²) < 4.78 is 0. The first-order chi connectivity index (χ1) is 9.35. The van der Waals surface area contributed by atoms with E-state index in [1.807, 2.05) is 0 Å². The molecule has 0 fully saturated rings. The third kappa shape index (κ3) is 3.94. The van der Waals surface area contributed by atoms with Gasteiger partial charge in [-0.2, -0.15) is 0 Å². The van der Waals surface area contributed by atoms with Crippen molar-refractivity contribution >= 4 is 5.57 Å². The Morgan fingerprint density at radius 2 is 1.79 bits per heavy atom. The van der Waals surface area contributed by atoms with Crippen molar-refractivity contribution in [2.75, 3.05) is 6.61 Å². The van der Waals surface area contributed by atoms with Crippen molar-refractivity contribution in [1.82, 2.24) is 0 Å². The lowest BCUT2D eigenvalue weighted by Crippen LogP contribution is -1.91. The number of aliphatic hydroxyl groups excluding tert-OH is 1. The molecule has 104 valence electrons. The smallest absolute Gasteiger partial charge is 0.0647 e. The summed E-state index contributed by atoms with van der Waals surface area (Å²) >= 11 is 0. The van der Waals surface area contributed by atoms with Gasteiger partial charge >= 0.3 is 0 Å². The molecule has 1 aliphatic rings. The first-order valence-electron chi connectivity index (χ1n) is 7.76. The van der Waals surface area contributed by atoms with Crippen LogP contribution in [0, 0.1) is 0 Å². The largest absolute Gasteiger partial charge is 0.392 e. The zero-order chi connectivity index (χ0) is 13.5. The lowest BCUT2D eigenvalue weighted by molar-refractivity contribution is 0.329. The molecule has 1 aromatic rings. The molecule has 0 bridgehead atoms. The fourth-order valence-electron chi connectivity index (χ4n) is 2.96. The number of aliphatic hydroxyl groups is 1. The summed E-state index contributed by atoms with van der Waals surface area (Å²) in [6, 6.07) is 9.01. The molecular formula is C18H26O. The van der Waals surface area contributed by atoms with Crippen molar-refractivity contribution in [3.8, 4) is 0 Å². The van der Waals surface area contributed by atoms with Crippen molar-refractivity contribution in [1.29, 1.82) is 0 Å². The van der Waals surface area contributed by atoms with Crippen LogP contribution in [0.4, 0.5) is 0 Å². The van der Waals surface area contributed by atoms with Crippen molar-refractivity contribution in [2.45, 2.75) is 58.3 Å². The van der Waals surface area contributed by atoms with Crippen LogP contribution >= 0.6 is 0 Å². The van der Waals surface area contributed by atoms with Gasteiger partial charge in [0.15, 0.2) is 0 Å². The van der Waals surface area contributed by atoms with E-state index in [2.05, 4.69) is 31.2 Å². The molecular weight excluding hydrogens is 232 g/mol. The lowest BCUT2D eigenvalue weighted by Gasteiger charge is -2.07. The highest BCUT2D eigenvalue weighted by Gasteiger charge is 2.14. The van der Waals surface area contributed by atoms with Gasteiger partial charge in [0.2, 0.25) is 0 Å². The molecule has 19 heavy (non-hydrogen) atoms. The van der Waals surface area contributed by atoms with Gasteiger partial charge in [0.05, 0.1) is 6.61 Å². The van der Waals surface area contributed by atoms with Crippen LogP contribution in [0.5, 0.6) is 0 Å². The Kier molecular flexibility index (Phi) is 5.65. The highest BCUT2D eigenvalue weighted by Crippen LogP contribution is 2.33. The van der Waals surface area contributed by atoms with Crippen LogP contribution in [0.15, 0.2) is 29.8 Å². The van der Waals surface area contributed by atoms with Gasteiger partial charge in [-0.15, -0.1) is 0 Å². The number of allylic oxidation sites excluding steroid dienone is 1. The van der Waals surface area contributed by atoms with Gasteiger partial charge in [-0.3, -0.25) is 0 Å². The summed E-state index contributed by atoms with van der Waals surface area (Å²) in [4.78, 5) is 0. The van der Waals surface area contributed by atoms with Crippen LogP contribution in [-0.4, -0.2) is 11.7 Å². The predicted molar refractivity (Wildman–Crippen MR) is 82.1 cm³/mol. The molecule has 1 nitrogen and oxygen atoms in total. The second-order valence-corrected chi connectivity index (χ2v) is 5.60. The molecule has 0 saturated carbocycles. The van der Waals surface area contributed by atoms with E-state index < -0.39 is 0 Å². The van der Waals surface area contributed by atoms with Gasteiger partial charge in [0, 0.05) is 0 Å². The number of unbranched alkanes of at least 4 members (excludes halogenated alkanes) is 3. The van der Waals surface area contributed by atoms with Gasteiger partial charge in [0.25, 0.3) is 0 Å². The summed E-state index contributed by atoms with van der Waals surface area (Å²) in [5.74, 6) is 0. The van der Waals surface area contributed by atoms with E-state index in [0.29, 0.717) is 0 Å². The van der Waals surface area contributed by atoms with Crippen molar-refractivity contribution in [3.63, 3.8) is 0 Å². The average Bonchev–Trinajstić information content (AvgIpc) is 2.93. The highest BCUT2D eigenvalue weighted by molar-refractivity contribution is 5.70. The van der Waals surface area contributed by atoms with E-state index in [-0.39, 0.29) is 6.61 Å². The second kappa shape index (κ2) is 7.49. The highest BCUT2D eigenvalue weighted by atomic mass is 16.3. The van der Waals surface area contributed by atoms with Crippen LogP contribution in [0.2, 0.25) is 0 Å². The van der Waals surface area contributed by atoms with E-state index >= 15 is 0 Å². The van der Waals surface area contributed by atoms with E-state index in [0.717, 1.165) is 12.8 Å². The molecule has 0 aromatic heterocycles. The molecule has 0 saturated heterocycles. The first kappa shape index (κ1) is 14.3. The van der Waals surface area contributed by atoms with E-state index in [1.165, 1.54) is 60.8 Å². The minimum Gasteiger partial charge on any atom is -0.392 e. The molecule has 2 rings (SSSR count). The average molecular weight is 258 g/mol. The van der Waals surface area contributed by atoms with Crippen molar-refractivity contribution in [3.05, 3.63) is 41.0 Å². The molecule has 1 aromatic carbocycles. The number of benzene rings is 1. The van der Waals surface area contributed by atoms with E-state index in [4.69, 9.17) is 0 Å². The fourth-order valence-corrected chi connectivity index (χ4v) is 2.96. The molecule has 1 heteroatoms. The summed E-state index contributed by atoms with van der Waals surface area (Å²) in [5, 5.41) is 9.36. The Bertz CT molecular complexity index is 414. The number of hydrogen-bond acceptors (Lipinski definition) is 1. The lowest BCUT2D eigenvalue weighted by atomic mass is 9.99. The Hall–Kier alpha value is -1.08. The molecule has 1 aliphatic carbocycles. The maximum absolute atomic E-state index is 9.36. The molecule has 0 spiro atoms. The predicted octanol–water partition coefficient (Wildman–Crippen LogP) is 4.74. The van der Waals surface area contributed by atoms with Crippen LogP contribution < -0.4 is 0 Å². The molecule has 0 aliphatic heterocycles. The third-order valence-corrected chi connectivity index (χ3v) is 4.14. The summed E-state index contributed by atoms with van der Waals surface area (Å²) in [7, 11) is 0. The van der Waals surface area contributed by atoms with Gasteiger partial charge in [0.1, 0.15) is 0 Å². The van der Waals surface area contributed by atoms with E-state index in [9.17, 15) is 5.11 Å². The molecule has 0 radical (unpaired) electrons. The number of rotatable bonds is 7. The minimum absolute atomic E-state index is 0.230. The van der Waals surface area contributed by atoms with Gasteiger partial charge in [-0.05, 0) is 54.4 Å². The topological polar surface area (TPSA) is 20.2 Å². The van der Waals surface area contributed by atoms with Gasteiger partial charge in [-0.25, -0.2) is 0 Å². The first-order valence-corrected chi connectivity index (χ1v) is 7.76. The minimum atomic E-state index is 0.230. The maximum atomic E-state index is 9.36. The Labute approximate surface area is 117 Å². The van der Waals surface area contributed by atoms with Crippen LogP contribution in [0.1, 0.15) is 63.0 Å². The SMILES string of the molecule is CCCCCCc1ccc(C2=C(CO)CCC2)cc1. The standard InChI is InChI=1S/C18H26O/c1-2-3-4-5-7-15-10-12-16(13-11-15)18-9-6-8-17(18)14-19/h10-13,19H,2-9,14H2,1H3. The summed E-state index contributed by atoms with van der Waals surface area (Å²) in [6.45, 7) is 2.48. The number of aryl methyl sites for hydroxylation is 1. The monoisotopic (exact) mass is 258 g/mol. The quantitative estimate of drug-likeness (QED) is 0.700. The third-order valence-electron chi connectivity index (χ3n) is 4.14. The van der Waals surface area contributed by atoms with E-state index in [1.54, 1.807) is 0 Å². The molecule has 0 atom stereocenters. The zero-order valence-corrected chi connectivity index (χ0v) is 12.1. The molecule has 0 amide bonds. The Morgan fingerprint density at radius 3 is 2.47 bits per heavy atom. The number of hydrogen-bond donors (Lipinski definition) is 1. The van der Waals surface area contributed by atoms with Gasteiger partial charge < -0.3 is 5.11 Å². The normalized spacial score (nSPS) is 15.3. The zero-order valence-electron chi connectivity index (χ0n) is 12.1. The van der Waals surface area contributed by atoms with Crippen LogP contribution in [0.25, 0.3) is 5.57 Å². The summed E-state index contributed by atoms with van der Waals surface area (Å²) in [5.41, 5.74) is 5.40. The molecule has 0 heterocycles.